The Morgan fingerprint density at radius 3 is 2.90 bits per heavy atom. The molecule has 0 saturated carbocycles. The number of carbonyl (C=O) groups is 1. The first-order valence-electron chi connectivity index (χ1n) is 6.95. The van der Waals surface area contributed by atoms with Gasteiger partial charge in [-0.3, -0.25) is 4.98 Å². The van der Waals surface area contributed by atoms with E-state index in [0.29, 0.717) is 30.6 Å². The number of carboxylic acids is 1. The van der Waals surface area contributed by atoms with Crippen LogP contribution in [0.3, 0.4) is 0 Å². The number of hydrogen-bond donors (Lipinski definition) is 1. The second-order valence-electron chi connectivity index (χ2n) is 5.56. The Kier molecular flexibility index (Phi) is 4.42. The fraction of sp³-hybridized carbons (Fsp3) is 0.643. The lowest BCUT2D eigenvalue weighted by molar-refractivity contribution is -0.139. The number of carboxylic acid groups (broad SMARTS) is 1. The second kappa shape index (κ2) is 6.07. The first kappa shape index (κ1) is 14.6. The summed E-state index contributed by atoms with van der Waals surface area (Å²) in [5.41, 5.74) is 0. The fourth-order valence-corrected chi connectivity index (χ4v) is 2.42. The minimum atomic E-state index is -0.812. The van der Waals surface area contributed by atoms with Crippen LogP contribution in [0.15, 0.2) is 12.4 Å². The van der Waals surface area contributed by atoms with E-state index in [2.05, 4.69) is 16.9 Å². The Morgan fingerprint density at radius 1 is 1.50 bits per heavy atom. The number of ether oxygens (including phenoxy) is 1. The first-order valence-corrected chi connectivity index (χ1v) is 6.95. The Labute approximate surface area is 118 Å². The van der Waals surface area contributed by atoms with Crippen LogP contribution in [0.5, 0.6) is 5.88 Å². The van der Waals surface area contributed by atoms with E-state index in [4.69, 9.17) is 4.74 Å². The summed E-state index contributed by atoms with van der Waals surface area (Å²) in [6.07, 6.45) is 4.74. The number of piperidine rings is 1. The van der Waals surface area contributed by atoms with Crippen molar-refractivity contribution >= 4 is 11.8 Å². The summed E-state index contributed by atoms with van der Waals surface area (Å²) in [7, 11) is 0. The molecule has 6 heteroatoms. The predicted molar refractivity (Wildman–Crippen MR) is 75.0 cm³/mol. The first-order chi connectivity index (χ1) is 9.47. The number of anilines is 1. The van der Waals surface area contributed by atoms with E-state index in [1.165, 1.54) is 0 Å². The summed E-state index contributed by atoms with van der Waals surface area (Å²) < 4.78 is 5.51. The summed E-state index contributed by atoms with van der Waals surface area (Å²) in [6.45, 7) is 6.59. The normalized spacial score (nSPS) is 22.9. The molecule has 0 bridgehead atoms. The lowest BCUT2D eigenvalue weighted by atomic mass is 9.92. The molecule has 0 spiro atoms. The van der Waals surface area contributed by atoms with Crippen molar-refractivity contribution in [3.63, 3.8) is 0 Å². The lowest BCUT2D eigenvalue weighted by Crippen LogP contribution is -2.47. The molecule has 1 N–H and O–H groups in total. The van der Waals surface area contributed by atoms with Crippen molar-refractivity contribution in [1.29, 1.82) is 0 Å². The fourth-order valence-electron chi connectivity index (χ4n) is 2.42. The molecular weight excluding hydrogens is 258 g/mol. The molecule has 2 heterocycles. The van der Waals surface area contributed by atoms with E-state index in [0.717, 1.165) is 6.42 Å². The molecule has 6 nitrogen and oxygen atoms in total. The highest BCUT2D eigenvalue weighted by Crippen LogP contribution is 2.27. The van der Waals surface area contributed by atoms with Gasteiger partial charge < -0.3 is 14.7 Å². The molecule has 1 aromatic rings. The maximum atomic E-state index is 11.4. The largest absolute Gasteiger partial charge is 0.480 e. The van der Waals surface area contributed by atoms with Crippen molar-refractivity contribution < 1.29 is 14.6 Å². The van der Waals surface area contributed by atoms with Crippen LogP contribution in [0.25, 0.3) is 0 Å². The lowest BCUT2D eigenvalue weighted by Gasteiger charge is -2.36. The highest BCUT2D eigenvalue weighted by atomic mass is 16.5. The minimum absolute atomic E-state index is 0.0104. The molecule has 20 heavy (non-hydrogen) atoms. The Hall–Kier alpha value is -1.85. The highest BCUT2D eigenvalue weighted by molar-refractivity contribution is 5.78. The van der Waals surface area contributed by atoms with E-state index in [1.807, 2.05) is 18.7 Å². The third-order valence-electron chi connectivity index (χ3n) is 3.40. The smallest absolute Gasteiger partial charge is 0.326 e. The summed E-state index contributed by atoms with van der Waals surface area (Å²) >= 11 is 0. The molecule has 2 rings (SSSR count). The van der Waals surface area contributed by atoms with Gasteiger partial charge in [-0.15, -0.1) is 0 Å². The zero-order chi connectivity index (χ0) is 14.7. The van der Waals surface area contributed by atoms with Crippen LogP contribution in [0.2, 0.25) is 0 Å². The molecule has 1 aliphatic rings. The summed E-state index contributed by atoms with van der Waals surface area (Å²) in [4.78, 5) is 21.7. The van der Waals surface area contributed by atoms with Gasteiger partial charge in [0.2, 0.25) is 5.88 Å². The molecule has 1 aliphatic heterocycles. The van der Waals surface area contributed by atoms with Gasteiger partial charge in [-0.2, -0.15) is 4.98 Å². The molecule has 0 amide bonds. The molecule has 1 saturated heterocycles. The maximum absolute atomic E-state index is 11.4. The van der Waals surface area contributed by atoms with E-state index in [1.54, 1.807) is 12.4 Å². The average molecular weight is 279 g/mol. The minimum Gasteiger partial charge on any atom is -0.480 e. The van der Waals surface area contributed by atoms with Crippen molar-refractivity contribution in [3.05, 3.63) is 12.4 Å². The second-order valence-corrected chi connectivity index (χ2v) is 5.56. The molecule has 2 atom stereocenters. The number of aliphatic carboxylic acids is 1. The van der Waals surface area contributed by atoms with Crippen LogP contribution in [0, 0.1) is 5.92 Å². The van der Waals surface area contributed by atoms with Gasteiger partial charge >= 0.3 is 5.97 Å². The highest BCUT2D eigenvalue weighted by Gasteiger charge is 2.32. The Balaban J connectivity index is 2.22. The van der Waals surface area contributed by atoms with Gasteiger partial charge in [0, 0.05) is 6.54 Å². The van der Waals surface area contributed by atoms with Gasteiger partial charge in [-0.1, -0.05) is 6.92 Å². The van der Waals surface area contributed by atoms with E-state index < -0.39 is 12.0 Å². The Morgan fingerprint density at radius 2 is 2.25 bits per heavy atom. The topological polar surface area (TPSA) is 75.5 Å². The van der Waals surface area contributed by atoms with E-state index >= 15 is 0 Å². The third kappa shape index (κ3) is 3.37. The molecule has 0 aliphatic carbocycles. The summed E-state index contributed by atoms with van der Waals surface area (Å²) in [6, 6.07) is -0.539. The maximum Gasteiger partial charge on any atom is 0.326 e. The number of nitrogens with zero attached hydrogens (tertiary/aromatic N) is 3. The van der Waals surface area contributed by atoms with Gasteiger partial charge in [0.25, 0.3) is 0 Å². The standard InChI is InChI=1S/C14H21N3O3/c1-9(2)20-13-8-15-7-12(16-13)17-5-4-10(3)6-11(17)14(18)19/h7-11H,4-6H2,1-3H3,(H,18,19). The van der Waals surface area contributed by atoms with Crippen molar-refractivity contribution in [1.82, 2.24) is 9.97 Å². The SMILES string of the molecule is CC1CCN(c2cncc(OC(C)C)n2)C(C(=O)O)C1. The van der Waals surface area contributed by atoms with E-state index in [9.17, 15) is 9.90 Å². The van der Waals surface area contributed by atoms with Crippen LogP contribution in [-0.4, -0.2) is 39.7 Å². The summed E-state index contributed by atoms with van der Waals surface area (Å²) in [5.74, 6) is 0.603. The summed E-state index contributed by atoms with van der Waals surface area (Å²) in [5, 5.41) is 9.38. The molecule has 1 aromatic heterocycles. The average Bonchev–Trinajstić information content (AvgIpc) is 2.38. The van der Waals surface area contributed by atoms with Crippen molar-refractivity contribution in [2.24, 2.45) is 5.92 Å². The molecule has 0 aromatic carbocycles. The van der Waals surface area contributed by atoms with Crippen LogP contribution in [0.1, 0.15) is 33.6 Å². The van der Waals surface area contributed by atoms with Crippen LogP contribution >= 0.6 is 0 Å². The van der Waals surface area contributed by atoms with Crippen LogP contribution < -0.4 is 9.64 Å². The number of aromatic nitrogens is 2. The monoisotopic (exact) mass is 279 g/mol. The third-order valence-corrected chi connectivity index (χ3v) is 3.40. The quantitative estimate of drug-likeness (QED) is 0.908. The van der Waals surface area contributed by atoms with Crippen LogP contribution in [0.4, 0.5) is 5.82 Å². The number of hydrogen-bond acceptors (Lipinski definition) is 5. The zero-order valence-corrected chi connectivity index (χ0v) is 12.1. The number of rotatable bonds is 4. The van der Waals surface area contributed by atoms with Crippen molar-refractivity contribution in [2.45, 2.75) is 45.8 Å². The van der Waals surface area contributed by atoms with Gasteiger partial charge in [0.15, 0.2) is 5.82 Å². The van der Waals surface area contributed by atoms with E-state index in [-0.39, 0.29) is 6.10 Å². The van der Waals surface area contributed by atoms with Gasteiger partial charge in [-0.05, 0) is 32.6 Å². The van der Waals surface area contributed by atoms with Gasteiger partial charge in [0.1, 0.15) is 6.04 Å². The molecule has 2 unspecified atom stereocenters. The Bertz CT molecular complexity index is 478. The van der Waals surface area contributed by atoms with Crippen molar-refractivity contribution in [2.75, 3.05) is 11.4 Å². The van der Waals surface area contributed by atoms with Crippen LogP contribution in [-0.2, 0) is 4.79 Å². The molecule has 1 fully saturated rings. The molecule has 0 radical (unpaired) electrons. The van der Waals surface area contributed by atoms with Gasteiger partial charge in [-0.25, -0.2) is 4.79 Å². The zero-order valence-electron chi connectivity index (χ0n) is 12.1. The molecule has 110 valence electrons. The molecular formula is C14H21N3O3. The van der Waals surface area contributed by atoms with Crippen molar-refractivity contribution in [3.8, 4) is 5.88 Å². The van der Waals surface area contributed by atoms with Gasteiger partial charge in [0.05, 0.1) is 18.5 Å². The predicted octanol–water partition coefficient (Wildman–Crippen LogP) is 1.95.